The summed E-state index contributed by atoms with van der Waals surface area (Å²) in [6.45, 7) is 0.743. The first-order chi connectivity index (χ1) is 10.2. The van der Waals surface area contributed by atoms with Crippen molar-refractivity contribution < 1.29 is 19.1 Å². The fraction of sp³-hybridized carbons (Fsp3) is 0.294. The van der Waals surface area contributed by atoms with Crippen molar-refractivity contribution in [1.29, 1.82) is 0 Å². The molecule has 4 heteroatoms. The van der Waals surface area contributed by atoms with E-state index < -0.39 is 5.97 Å². The molecule has 21 heavy (non-hydrogen) atoms. The van der Waals surface area contributed by atoms with Crippen LogP contribution in [0.25, 0.3) is 6.08 Å². The van der Waals surface area contributed by atoms with Gasteiger partial charge in [0, 0.05) is 6.42 Å². The van der Waals surface area contributed by atoms with Gasteiger partial charge in [-0.05, 0) is 5.56 Å². The summed E-state index contributed by atoms with van der Waals surface area (Å²) in [7, 11) is 1.26. The molecule has 0 heterocycles. The number of ketones is 1. The highest BCUT2D eigenvalue weighted by Crippen LogP contribution is 2.00. The fourth-order valence-corrected chi connectivity index (χ4v) is 1.52. The van der Waals surface area contributed by atoms with Gasteiger partial charge in [0.25, 0.3) is 0 Å². The SMILES string of the molecule is COC(=O)CC(=O)CCOC/C=C/C=C/c1ccccc1. The van der Waals surface area contributed by atoms with Crippen LogP contribution < -0.4 is 0 Å². The van der Waals surface area contributed by atoms with E-state index in [2.05, 4.69) is 4.74 Å². The van der Waals surface area contributed by atoms with E-state index in [0.29, 0.717) is 13.2 Å². The molecule has 4 nitrogen and oxygen atoms in total. The summed E-state index contributed by atoms with van der Waals surface area (Å²) < 4.78 is 9.69. The molecular weight excluding hydrogens is 268 g/mol. The van der Waals surface area contributed by atoms with Gasteiger partial charge in [-0.3, -0.25) is 9.59 Å². The molecule has 0 aliphatic rings. The second-order valence-electron chi connectivity index (χ2n) is 4.31. The Morgan fingerprint density at radius 1 is 1.14 bits per heavy atom. The Morgan fingerprint density at radius 2 is 1.90 bits per heavy atom. The number of carbonyl (C=O) groups excluding carboxylic acids is 2. The van der Waals surface area contributed by atoms with Crippen molar-refractivity contribution in [3.05, 3.63) is 54.1 Å². The maximum absolute atomic E-state index is 11.3. The number of carbonyl (C=O) groups is 2. The second kappa shape index (κ2) is 10.6. The van der Waals surface area contributed by atoms with Crippen LogP contribution in [0.1, 0.15) is 18.4 Å². The molecule has 1 aromatic carbocycles. The number of rotatable bonds is 9. The Bertz CT molecular complexity index is 489. The number of esters is 1. The molecule has 0 aliphatic carbocycles. The molecule has 0 spiro atoms. The lowest BCUT2D eigenvalue weighted by Crippen LogP contribution is -2.11. The molecular formula is C17H20O4. The van der Waals surface area contributed by atoms with Crippen LogP contribution in [0.5, 0.6) is 0 Å². The highest BCUT2D eigenvalue weighted by molar-refractivity contribution is 5.95. The van der Waals surface area contributed by atoms with Crippen molar-refractivity contribution in [1.82, 2.24) is 0 Å². The summed E-state index contributed by atoms with van der Waals surface area (Å²) in [5, 5.41) is 0. The smallest absolute Gasteiger partial charge is 0.313 e. The molecule has 0 N–H and O–H groups in total. The van der Waals surface area contributed by atoms with Crippen molar-refractivity contribution >= 4 is 17.8 Å². The lowest BCUT2D eigenvalue weighted by Gasteiger charge is -2.00. The third-order valence-corrected chi connectivity index (χ3v) is 2.64. The van der Waals surface area contributed by atoms with Gasteiger partial charge in [-0.25, -0.2) is 0 Å². The molecule has 0 aromatic heterocycles. The Kier molecular flexibility index (Phi) is 8.48. The number of methoxy groups -OCH3 is 1. The van der Waals surface area contributed by atoms with E-state index in [4.69, 9.17) is 4.74 Å². The first kappa shape index (κ1) is 16.9. The molecule has 0 radical (unpaired) electrons. The average molecular weight is 288 g/mol. The number of hydrogen-bond donors (Lipinski definition) is 0. The van der Waals surface area contributed by atoms with Crippen LogP contribution in [-0.4, -0.2) is 32.1 Å². The lowest BCUT2D eigenvalue weighted by atomic mass is 10.2. The molecule has 0 unspecified atom stereocenters. The first-order valence-electron chi connectivity index (χ1n) is 6.77. The van der Waals surface area contributed by atoms with Gasteiger partial charge in [0.15, 0.2) is 0 Å². The number of allylic oxidation sites excluding steroid dienone is 2. The van der Waals surface area contributed by atoms with E-state index in [1.807, 2.05) is 54.6 Å². The fourth-order valence-electron chi connectivity index (χ4n) is 1.52. The van der Waals surface area contributed by atoms with Gasteiger partial charge >= 0.3 is 5.97 Å². The van der Waals surface area contributed by atoms with Gasteiger partial charge in [-0.2, -0.15) is 0 Å². The standard InChI is InChI=1S/C17H20O4/c1-20-17(19)14-16(18)11-13-21-12-7-3-6-10-15-8-4-2-5-9-15/h2-10H,11-14H2,1H3/b7-3+,10-6+. The van der Waals surface area contributed by atoms with Gasteiger partial charge < -0.3 is 9.47 Å². The van der Waals surface area contributed by atoms with Crippen molar-refractivity contribution in [2.24, 2.45) is 0 Å². The predicted octanol–water partition coefficient (Wildman–Crippen LogP) is 2.79. The van der Waals surface area contributed by atoms with Gasteiger partial charge in [0.1, 0.15) is 12.2 Å². The Balaban J connectivity index is 2.09. The van der Waals surface area contributed by atoms with E-state index in [-0.39, 0.29) is 18.6 Å². The maximum Gasteiger partial charge on any atom is 0.313 e. The molecule has 1 aromatic rings. The minimum atomic E-state index is -0.508. The predicted molar refractivity (Wildman–Crippen MR) is 81.7 cm³/mol. The van der Waals surface area contributed by atoms with E-state index in [1.54, 1.807) is 0 Å². The van der Waals surface area contributed by atoms with Crippen molar-refractivity contribution in [3.63, 3.8) is 0 Å². The van der Waals surface area contributed by atoms with Crippen LogP contribution in [-0.2, 0) is 19.1 Å². The molecule has 112 valence electrons. The summed E-state index contributed by atoms with van der Waals surface area (Å²) in [6, 6.07) is 9.99. The molecule has 0 atom stereocenters. The summed E-state index contributed by atoms with van der Waals surface area (Å²) in [5.74, 6) is -0.680. The zero-order chi connectivity index (χ0) is 15.3. The highest BCUT2D eigenvalue weighted by Gasteiger charge is 2.08. The van der Waals surface area contributed by atoms with E-state index in [1.165, 1.54) is 7.11 Å². The number of benzene rings is 1. The molecule has 0 saturated heterocycles. The maximum atomic E-state index is 11.3. The Hall–Kier alpha value is -2.20. The second-order valence-corrected chi connectivity index (χ2v) is 4.31. The van der Waals surface area contributed by atoms with E-state index >= 15 is 0 Å². The van der Waals surface area contributed by atoms with Gasteiger partial charge in [0.2, 0.25) is 0 Å². The summed E-state index contributed by atoms with van der Waals surface area (Å²) in [4.78, 5) is 22.1. The molecule has 0 amide bonds. The quantitative estimate of drug-likeness (QED) is 0.303. The topological polar surface area (TPSA) is 52.6 Å². The third-order valence-electron chi connectivity index (χ3n) is 2.64. The highest BCUT2D eigenvalue weighted by atomic mass is 16.5. The first-order valence-corrected chi connectivity index (χ1v) is 6.77. The van der Waals surface area contributed by atoms with E-state index in [9.17, 15) is 9.59 Å². The van der Waals surface area contributed by atoms with Crippen LogP contribution in [0.15, 0.2) is 48.6 Å². The average Bonchev–Trinajstić information content (AvgIpc) is 2.50. The molecule has 0 saturated carbocycles. The minimum Gasteiger partial charge on any atom is -0.469 e. The minimum absolute atomic E-state index is 0.171. The number of hydrogen-bond acceptors (Lipinski definition) is 4. The van der Waals surface area contributed by atoms with Crippen molar-refractivity contribution in [3.8, 4) is 0 Å². The van der Waals surface area contributed by atoms with Crippen LogP contribution in [0, 0.1) is 0 Å². The number of ether oxygens (including phenoxy) is 2. The molecule has 1 rings (SSSR count). The van der Waals surface area contributed by atoms with E-state index in [0.717, 1.165) is 5.56 Å². The largest absolute Gasteiger partial charge is 0.469 e. The van der Waals surface area contributed by atoms with Gasteiger partial charge in [-0.15, -0.1) is 0 Å². The molecule has 0 fully saturated rings. The van der Waals surface area contributed by atoms with Gasteiger partial charge in [-0.1, -0.05) is 54.6 Å². The Morgan fingerprint density at radius 3 is 2.62 bits per heavy atom. The van der Waals surface area contributed by atoms with Crippen LogP contribution in [0.3, 0.4) is 0 Å². The Labute approximate surface area is 125 Å². The molecule has 0 bridgehead atoms. The molecule has 0 aliphatic heterocycles. The van der Waals surface area contributed by atoms with Crippen molar-refractivity contribution in [2.75, 3.05) is 20.3 Å². The van der Waals surface area contributed by atoms with Crippen LogP contribution in [0.2, 0.25) is 0 Å². The number of Topliss-reactive ketones (excluding diaryl/α,β-unsaturated/α-hetero) is 1. The monoisotopic (exact) mass is 288 g/mol. The summed E-state index contributed by atoms with van der Waals surface area (Å²) in [6.07, 6.45) is 7.73. The van der Waals surface area contributed by atoms with Crippen LogP contribution >= 0.6 is 0 Å². The zero-order valence-corrected chi connectivity index (χ0v) is 12.2. The zero-order valence-electron chi connectivity index (χ0n) is 12.2. The summed E-state index contributed by atoms with van der Waals surface area (Å²) >= 11 is 0. The summed E-state index contributed by atoms with van der Waals surface area (Å²) in [5.41, 5.74) is 1.14. The van der Waals surface area contributed by atoms with Crippen molar-refractivity contribution in [2.45, 2.75) is 12.8 Å². The third kappa shape index (κ3) is 8.55. The normalized spacial score (nSPS) is 11.1. The van der Waals surface area contributed by atoms with Gasteiger partial charge in [0.05, 0.1) is 20.3 Å². The lowest BCUT2D eigenvalue weighted by molar-refractivity contribution is -0.143. The van der Waals surface area contributed by atoms with Crippen LogP contribution in [0.4, 0.5) is 0 Å².